The largest absolute Gasteiger partial charge is 0.338 e. The Balaban J connectivity index is 1.35. The van der Waals surface area contributed by atoms with E-state index < -0.39 is 0 Å². The minimum Gasteiger partial charge on any atom is -0.338 e. The number of imidazole rings is 1. The van der Waals surface area contributed by atoms with E-state index in [4.69, 9.17) is 28.2 Å². The first kappa shape index (κ1) is 26.1. The lowest BCUT2D eigenvalue weighted by Gasteiger charge is -2.11. The fourth-order valence-electron chi connectivity index (χ4n) is 3.87. The maximum atomic E-state index is 12.2. The van der Waals surface area contributed by atoms with Crippen molar-refractivity contribution in [3.8, 4) is 22.5 Å². The number of rotatable bonds is 10. The van der Waals surface area contributed by atoms with E-state index in [2.05, 4.69) is 58.5 Å². The number of thioether (sulfide) groups is 1. The number of hydrogen-bond acceptors (Lipinski definition) is 3. The molecule has 0 bridgehead atoms. The third-order valence-corrected chi connectivity index (χ3v) is 7.22. The molecule has 0 saturated carbocycles. The van der Waals surface area contributed by atoms with Crippen molar-refractivity contribution in [3.05, 3.63) is 88.9 Å². The van der Waals surface area contributed by atoms with Crippen LogP contribution in [0.3, 0.4) is 0 Å². The van der Waals surface area contributed by atoms with Crippen molar-refractivity contribution in [1.29, 1.82) is 0 Å². The zero-order valence-corrected chi connectivity index (χ0v) is 22.3. The molecule has 0 saturated heterocycles. The van der Waals surface area contributed by atoms with Crippen molar-refractivity contribution in [1.82, 2.24) is 14.9 Å². The molecule has 0 radical (unpaired) electrons. The smallest absolute Gasteiger partial charge is 0.319 e. The molecule has 0 fully saturated rings. The minimum absolute atomic E-state index is 0.284. The van der Waals surface area contributed by atoms with Gasteiger partial charge in [-0.2, -0.15) is 0 Å². The van der Waals surface area contributed by atoms with E-state index in [0.717, 1.165) is 52.8 Å². The predicted molar refractivity (Wildman–Crippen MR) is 152 cm³/mol. The van der Waals surface area contributed by atoms with Gasteiger partial charge in [-0.25, -0.2) is 9.78 Å². The van der Waals surface area contributed by atoms with E-state index in [9.17, 15) is 4.79 Å². The zero-order valence-electron chi connectivity index (χ0n) is 20.0. The van der Waals surface area contributed by atoms with Crippen molar-refractivity contribution in [2.75, 3.05) is 17.6 Å². The van der Waals surface area contributed by atoms with Crippen LogP contribution in [0.5, 0.6) is 0 Å². The molecule has 36 heavy (non-hydrogen) atoms. The Morgan fingerprint density at radius 2 is 1.64 bits per heavy atom. The van der Waals surface area contributed by atoms with Crippen molar-refractivity contribution >= 4 is 46.7 Å². The summed E-state index contributed by atoms with van der Waals surface area (Å²) in [5.41, 5.74) is 4.95. The van der Waals surface area contributed by atoms with Crippen molar-refractivity contribution in [3.63, 3.8) is 0 Å². The van der Waals surface area contributed by atoms with Crippen LogP contribution in [-0.2, 0) is 6.54 Å². The summed E-state index contributed by atoms with van der Waals surface area (Å²) in [5, 5.41) is 7.58. The molecule has 186 valence electrons. The molecule has 5 nitrogen and oxygen atoms in total. The highest BCUT2D eigenvalue weighted by Crippen LogP contribution is 2.36. The molecule has 0 unspecified atom stereocenters. The molecular formula is C28H28Cl2N4OS. The number of amides is 2. The van der Waals surface area contributed by atoms with Gasteiger partial charge in [0.2, 0.25) is 0 Å². The van der Waals surface area contributed by atoms with Gasteiger partial charge < -0.3 is 15.2 Å². The Morgan fingerprint density at radius 1 is 0.944 bits per heavy atom. The summed E-state index contributed by atoms with van der Waals surface area (Å²) in [6, 6.07) is 25.5. The number of carbonyl (C=O) groups is 1. The molecule has 1 heterocycles. The van der Waals surface area contributed by atoms with Crippen molar-refractivity contribution in [2.24, 2.45) is 0 Å². The third-order valence-electron chi connectivity index (χ3n) is 5.61. The normalized spacial score (nSPS) is 10.9. The van der Waals surface area contributed by atoms with Crippen LogP contribution in [-0.4, -0.2) is 27.9 Å². The number of benzene rings is 3. The van der Waals surface area contributed by atoms with Gasteiger partial charge in [-0.1, -0.05) is 95.6 Å². The van der Waals surface area contributed by atoms with Crippen LogP contribution >= 0.6 is 35.0 Å². The molecule has 1 aromatic heterocycles. The number of carbonyl (C=O) groups excluding carboxylic acids is 1. The fraction of sp³-hybridized carbons (Fsp3) is 0.214. The Kier molecular flexibility index (Phi) is 9.34. The Bertz CT molecular complexity index is 1300. The standard InChI is InChI=1S/C28H28Cl2N4OS/c1-2-34-26(21-13-7-4-8-14-21)25(20-11-5-3-6-12-20)33-28(34)36-18-10-9-17-31-27(35)32-24-16-15-22(29)19-23(24)30/h3-8,11-16,19H,2,9-10,17-18H2,1H3,(H2,31,32,35). The summed E-state index contributed by atoms with van der Waals surface area (Å²) >= 11 is 13.8. The Labute approximate surface area is 226 Å². The van der Waals surface area contributed by atoms with E-state index >= 15 is 0 Å². The van der Waals surface area contributed by atoms with Gasteiger partial charge in [0, 0.05) is 35.0 Å². The number of nitrogens with one attached hydrogen (secondary N) is 2. The maximum Gasteiger partial charge on any atom is 0.319 e. The van der Waals surface area contributed by atoms with Crippen LogP contribution < -0.4 is 10.6 Å². The summed E-state index contributed by atoms with van der Waals surface area (Å²) in [4.78, 5) is 17.2. The molecule has 3 aromatic carbocycles. The number of anilines is 1. The highest BCUT2D eigenvalue weighted by Gasteiger charge is 2.19. The zero-order chi connectivity index (χ0) is 25.3. The lowest BCUT2D eigenvalue weighted by atomic mass is 10.0. The summed E-state index contributed by atoms with van der Waals surface area (Å²) in [5.74, 6) is 0.909. The van der Waals surface area contributed by atoms with Gasteiger partial charge in [0.05, 0.1) is 22.1 Å². The van der Waals surface area contributed by atoms with E-state index in [1.807, 2.05) is 24.3 Å². The van der Waals surface area contributed by atoms with Crippen LogP contribution in [0.1, 0.15) is 19.8 Å². The van der Waals surface area contributed by atoms with E-state index in [0.29, 0.717) is 22.3 Å². The molecule has 2 N–H and O–H groups in total. The second-order valence-electron chi connectivity index (χ2n) is 8.13. The fourth-order valence-corrected chi connectivity index (χ4v) is 5.39. The number of nitrogens with zero attached hydrogens (tertiary/aromatic N) is 2. The lowest BCUT2D eigenvalue weighted by Crippen LogP contribution is -2.29. The molecule has 0 aliphatic heterocycles. The molecule has 0 aliphatic carbocycles. The molecule has 4 rings (SSSR count). The quantitative estimate of drug-likeness (QED) is 0.158. The van der Waals surface area contributed by atoms with Crippen molar-refractivity contribution in [2.45, 2.75) is 31.5 Å². The number of urea groups is 1. The Morgan fingerprint density at radius 3 is 2.31 bits per heavy atom. The molecule has 0 atom stereocenters. The van der Waals surface area contributed by atoms with E-state index in [1.54, 1.807) is 30.0 Å². The van der Waals surface area contributed by atoms with Crippen LogP contribution in [0.4, 0.5) is 10.5 Å². The van der Waals surface area contributed by atoms with Crippen LogP contribution in [0.2, 0.25) is 10.0 Å². The monoisotopic (exact) mass is 538 g/mol. The molecule has 4 aromatic rings. The van der Waals surface area contributed by atoms with E-state index in [-0.39, 0.29) is 6.03 Å². The average Bonchev–Trinajstić information content (AvgIpc) is 3.27. The second-order valence-corrected chi connectivity index (χ2v) is 10.0. The van der Waals surface area contributed by atoms with Crippen LogP contribution in [0.15, 0.2) is 84.0 Å². The Hall–Kier alpha value is -2.93. The first-order valence-electron chi connectivity index (χ1n) is 11.9. The highest BCUT2D eigenvalue weighted by atomic mass is 35.5. The summed E-state index contributed by atoms with van der Waals surface area (Å²) in [7, 11) is 0. The molecule has 8 heteroatoms. The highest BCUT2D eigenvalue weighted by molar-refractivity contribution is 7.99. The van der Waals surface area contributed by atoms with Crippen LogP contribution in [0, 0.1) is 0 Å². The minimum atomic E-state index is -0.284. The third kappa shape index (κ3) is 6.64. The van der Waals surface area contributed by atoms with Gasteiger partial charge in [-0.05, 0) is 38.0 Å². The van der Waals surface area contributed by atoms with Gasteiger partial charge in [0.15, 0.2) is 5.16 Å². The van der Waals surface area contributed by atoms with Crippen LogP contribution in [0.25, 0.3) is 22.5 Å². The number of halogens is 2. The molecule has 0 spiro atoms. The van der Waals surface area contributed by atoms with Gasteiger partial charge >= 0.3 is 6.03 Å². The first-order chi connectivity index (χ1) is 17.6. The maximum absolute atomic E-state index is 12.2. The number of unbranched alkanes of at least 4 members (excludes halogenated alkanes) is 1. The lowest BCUT2D eigenvalue weighted by molar-refractivity contribution is 0.252. The van der Waals surface area contributed by atoms with Crippen molar-refractivity contribution < 1.29 is 4.79 Å². The van der Waals surface area contributed by atoms with Gasteiger partial charge in [-0.3, -0.25) is 0 Å². The molecule has 2 amide bonds. The van der Waals surface area contributed by atoms with E-state index in [1.165, 1.54) is 0 Å². The number of aromatic nitrogens is 2. The molecule has 0 aliphatic rings. The topological polar surface area (TPSA) is 59.0 Å². The van der Waals surface area contributed by atoms with Gasteiger partial charge in [0.1, 0.15) is 0 Å². The first-order valence-corrected chi connectivity index (χ1v) is 13.6. The summed E-state index contributed by atoms with van der Waals surface area (Å²) in [6.45, 7) is 3.56. The SMILES string of the molecule is CCn1c(SCCCCNC(=O)Nc2ccc(Cl)cc2Cl)nc(-c2ccccc2)c1-c1ccccc1. The average molecular weight is 540 g/mol. The number of hydrogen-bond donors (Lipinski definition) is 2. The summed E-state index contributed by atoms with van der Waals surface area (Å²) in [6.07, 6.45) is 1.81. The molecular weight excluding hydrogens is 511 g/mol. The van der Waals surface area contributed by atoms with Gasteiger partial charge in [-0.15, -0.1) is 0 Å². The second kappa shape index (κ2) is 12.9. The predicted octanol–water partition coefficient (Wildman–Crippen LogP) is 8.24. The van der Waals surface area contributed by atoms with Gasteiger partial charge in [0.25, 0.3) is 0 Å². The summed E-state index contributed by atoms with van der Waals surface area (Å²) < 4.78 is 2.30.